The summed E-state index contributed by atoms with van der Waals surface area (Å²) in [7, 11) is 0. The molecule has 15 heteroatoms. The van der Waals surface area contributed by atoms with Gasteiger partial charge in [-0.05, 0) is 48.9 Å². The Kier molecular flexibility index (Phi) is 8.70. The largest absolute Gasteiger partial charge is 0.434 e. The molecule has 0 aromatic heterocycles. The van der Waals surface area contributed by atoms with E-state index in [2.05, 4.69) is 10.8 Å². The number of carbonyl (C=O) groups is 1. The number of alkyl halides is 6. The number of hydrogen-bond donors (Lipinski definition) is 3. The van der Waals surface area contributed by atoms with Gasteiger partial charge < -0.3 is 5.32 Å². The van der Waals surface area contributed by atoms with Crippen LogP contribution >= 0.6 is 23.2 Å². The SMILES string of the molecule is CC(C)ONC(=CNC(=O)c1ccc(C2=CC(c3cc(Cl)c(F)c(Cl)c3)(C(F)(F)F)ON2)c2ccccc12)C(F)(F)F. The lowest BCUT2D eigenvalue weighted by Crippen LogP contribution is -2.42. The third kappa shape index (κ3) is 6.14. The number of hydroxylamine groups is 2. The molecular formula is C27H20Cl2F7N3O3. The summed E-state index contributed by atoms with van der Waals surface area (Å²) in [5.74, 6) is -2.04. The number of hydrogen-bond acceptors (Lipinski definition) is 5. The third-order valence-electron chi connectivity index (χ3n) is 6.02. The van der Waals surface area contributed by atoms with E-state index in [9.17, 15) is 35.5 Å². The minimum atomic E-state index is -5.07. The predicted molar refractivity (Wildman–Crippen MR) is 141 cm³/mol. The third-order valence-corrected chi connectivity index (χ3v) is 6.57. The molecule has 4 rings (SSSR count). The monoisotopic (exact) mass is 637 g/mol. The topological polar surface area (TPSA) is 71.6 Å². The number of carbonyl (C=O) groups excluding carboxylic acids is 1. The quantitative estimate of drug-likeness (QED) is 0.141. The summed E-state index contributed by atoms with van der Waals surface area (Å²) in [5.41, 5.74) is -1.17. The van der Waals surface area contributed by atoms with Crippen LogP contribution in [0.2, 0.25) is 10.0 Å². The second-order valence-electron chi connectivity index (χ2n) is 9.25. The molecule has 3 N–H and O–H groups in total. The average Bonchev–Trinajstić information content (AvgIpc) is 3.36. The normalized spacial score (nSPS) is 17.8. The molecular weight excluding hydrogens is 618 g/mol. The van der Waals surface area contributed by atoms with E-state index in [4.69, 9.17) is 32.9 Å². The van der Waals surface area contributed by atoms with Crippen LogP contribution in [0.4, 0.5) is 30.7 Å². The van der Waals surface area contributed by atoms with Gasteiger partial charge in [0.25, 0.3) is 5.91 Å². The molecule has 0 spiro atoms. The van der Waals surface area contributed by atoms with Crippen molar-refractivity contribution in [1.82, 2.24) is 16.3 Å². The number of amides is 1. The number of halogens is 9. The molecule has 42 heavy (non-hydrogen) atoms. The van der Waals surface area contributed by atoms with Crippen molar-refractivity contribution >= 4 is 45.6 Å². The van der Waals surface area contributed by atoms with Crippen molar-refractivity contribution in [3.05, 3.63) is 99.1 Å². The minimum absolute atomic E-state index is 0.0735. The first-order valence-corrected chi connectivity index (χ1v) is 12.7. The van der Waals surface area contributed by atoms with Crippen molar-refractivity contribution in [2.45, 2.75) is 37.9 Å². The summed E-state index contributed by atoms with van der Waals surface area (Å²) in [4.78, 5) is 22.7. The Morgan fingerprint density at radius 2 is 1.64 bits per heavy atom. The highest BCUT2D eigenvalue weighted by Gasteiger charge is 2.60. The van der Waals surface area contributed by atoms with Crippen molar-refractivity contribution < 1.29 is 45.2 Å². The fraction of sp³-hybridized carbons (Fsp3) is 0.222. The van der Waals surface area contributed by atoms with Crippen molar-refractivity contribution in [3.8, 4) is 0 Å². The Labute approximate surface area is 244 Å². The van der Waals surface area contributed by atoms with Crippen LogP contribution in [0.25, 0.3) is 16.5 Å². The summed E-state index contributed by atoms with van der Waals surface area (Å²) < 4.78 is 97.2. The average molecular weight is 638 g/mol. The van der Waals surface area contributed by atoms with Crippen LogP contribution in [0.1, 0.15) is 35.3 Å². The predicted octanol–water partition coefficient (Wildman–Crippen LogP) is 7.68. The van der Waals surface area contributed by atoms with Gasteiger partial charge in [0, 0.05) is 22.9 Å². The van der Waals surface area contributed by atoms with Gasteiger partial charge in [-0.3, -0.25) is 25.4 Å². The van der Waals surface area contributed by atoms with Gasteiger partial charge in [-0.15, -0.1) is 0 Å². The fourth-order valence-corrected chi connectivity index (χ4v) is 4.53. The molecule has 0 fully saturated rings. The van der Waals surface area contributed by atoms with Gasteiger partial charge >= 0.3 is 12.4 Å². The maximum absolute atomic E-state index is 14.4. The molecule has 3 aromatic carbocycles. The molecule has 0 saturated carbocycles. The highest BCUT2D eigenvalue weighted by atomic mass is 35.5. The Morgan fingerprint density at radius 1 is 1.02 bits per heavy atom. The first-order chi connectivity index (χ1) is 19.5. The van der Waals surface area contributed by atoms with Crippen LogP contribution in [0, 0.1) is 5.82 Å². The Hall–Kier alpha value is -3.52. The molecule has 1 heterocycles. The van der Waals surface area contributed by atoms with Crippen LogP contribution in [-0.2, 0) is 15.3 Å². The lowest BCUT2D eigenvalue weighted by atomic mass is 9.90. The molecule has 6 nitrogen and oxygen atoms in total. The standard InChI is InChI=1S/C27H20Cl2F7N3O3/c1-13(2)41-39-22(26(31,32)33)12-37-24(40)18-8-7-17(15-5-3-4-6-16(15)18)21-11-25(42-38-21,27(34,35)36)14-9-19(28)23(30)20(29)10-14/h3-13,38-39H,1-2H3,(H,37,40). The van der Waals surface area contributed by atoms with E-state index in [0.717, 1.165) is 12.1 Å². The summed E-state index contributed by atoms with van der Waals surface area (Å²) in [6, 6.07) is 10.1. The second-order valence-corrected chi connectivity index (χ2v) is 10.1. The van der Waals surface area contributed by atoms with Crippen molar-refractivity contribution in [3.63, 3.8) is 0 Å². The first-order valence-electron chi connectivity index (χ1n) is 12.0. The molecule has 0 bridgehead atoms. The number of fused-ring (bicyclic) bond motifs is 1. The summed E-state index contributed by atoms with van der Waals surface area (Å²) >= 11 is 11.5. The highest BCUT2D eigenvalue weighted by Crippen LogP contribution is 2.49. The van der Waals surface area contributed by atoms with Crippen LogP contribution in [0.15, 0.2) is 66.5 Å². The summed E-state index contributed by atoms with van der Waals surface area (Å²) in [6.45, 7) is 2.99. The lowest BCUT2D eigenvalue weighted by molar-refractivity contribution is -0.269. The fourth-order valence-electron chi connectivity index (χ4n) is 4.04. The zero-order valence-corrected chi connectivity index (χ0v) is 23.0. The van der Waals surface area contributed by atoms with E-state index in [1.807, 2.05) is 0 Å². The van der Waals surface area contributed by atoms with E-state index in [-0.39, 0.29) is 27.6 Å². The zero-order chi connectivity index (χ0) is 31.0. The van der Waals surface area contributed by atoms with Gasteiger partial charge in [-0.25, -0.2) is 4.39 Å². The lowest BCUT2D eigenvalue weighted by Gasteiger charge is -2.28. The molecule has 1 amide bonds. The van der Waals surface area contributed by atoms with Crippen LogP contribution < -0.4 is 16.3 Å². The number of rotatable bonds is 7. The minimum Gasteiger partial charge on any atom is -0.326 e. The summed E-state index contributed by atoms with van der Waals surface area (Å²) in [6.07, 6.45) is -9.43. The Bertz CT molecular complexity index is 1570. The molecule has 0 saturated heterocycles. The van der Waals surface area contributed by atoms with Gasteiger partial charge in [0.1, 0.15) is 0 Å². The van der Waals surface area contributed by atoms with E-state index in [1.54, 1.807) is 11.5 Å². The molecule has 0 aliphatic carbocycles. The van der Waals surface area contributed by atoms with E-state index < -0.39 is 57.1 Å². The molecule has 1 aliphatic heterocycles. The molecule has 1 atom stereocenters. The maximum Gasteiger partial charge on any atom is 0.434 e. The molecule has 1 aliphatic rings. The van der Waals surface area contributed by atoms with Gasteiger partial charge in [-0.1, -0.05) is 53.5 Å². The Balaban J connectivity index is 1.76. The number of benzene rings is 3. The molecule has 0 radical (unpaired) electrons. The number of nitrogens with one attached hydrogen (secondary N) is 3. The summed E-state index contributed by atoms with van der Waals surface area (Å²) in [5, 5.41) is 1.23. The van der Waals surface area contributed by atoms with Crippen LogP contribution in [0.5, 0.6) is 0 Å². The van der Waals surface area contributed by atoms with E-state index >= 15 is 0 Å². The zero-order valence-electron chi connectivity index (χ0n) is 21.5. The second kappa shape index (κ2) is 11.6. The number of allylic oxidation sites excluding steroid dienone is 1. The van der Waals surface area contributed by atoms with E-state index in [1.165, 1.54) is 44.2 Å². The van der Waals surface area contributed by atoms with Crippen molar-refractivity contribution in [1.29, 1.82) is 0 Å². The molecule has 1 unspecified atom stereocenters. The van der Waals surface area contributed by atoms with Gasteiger partial charge in [-0.2, -0.15) is 26.3 Å². The van der Waals surface area contributed by atoms with E-state index in [0.29, 0.717) is 12.3 Å². The van der Waals surface area contributed by atoms with Crippen molar-refractivity contribution in [2.75, 3.05) is 0 Å². The van der Waals surface area contributed by atoms with Gasteiger partial charge in [0.15, 0.2) is 11.5 Å². The van der Waals surface area contributed by atoms with Gasteiger partial charge in [0.05, 0.1) is 21.8 Å². The van der Waals surface area contributed by atoms with Crippen molar-refractivity contribution in [2.24, 2.45) is 0 Å². The molecule has 224 valence electrons. The van der Waals surface area contributed by atoms with Crippen LogP contribution in [-0.4, -0.2) is 24.4 Å². The van der Waals surface area contributed by atoms with Crippen LogP contribution in [0.3, 0.4) is 0 Å². The van der Waals surface area contributed by atoms with Gasteiger partial charge in [0.2, 0.25) is 5.60 Å². The molecule has 3 aromatic rings. The first kappa shape index (κ1) is 31.4. The maximum atomic E-state index is 14.4. The smallest absolute Gasteiger partial charge is 0.326 e. The highest BCUT2D eigenvalue weighted by molar-refractivity contribution is 6.35. The Morgan fingerprint density at radius 3 is 2.21 bits per heavy atom.